The normalized spacial score (nSPS) is 14.7. The molecule has 3 N–H and O–H groups in total. The van der Waals surface area contributed by atoms with Crippen LogP contribution in [0.2, 0.25) is 0 Å². The summed E-state index contributed by atoms with van der Waals surface area (Å²) >= 11 is 0. The van der Waals surface area contributed by atoms with Crippen molar-refractivity contribution >= 4 is 70.7 Å². The highest BCUT2D eigenvalue weighted by Gasteiger charge is 2.30. The number of anilines is 1. The third-order valence-corrected chi connectivity index (χ3v) is 15.2. The quantitative estimate of drug-likeness (QED) is 0.0419. The van der Waals surface area contributed by atoms with E-state index in [1.165, 1.54) is 10.8 Å². The van der Waals surface area contributed by atoms with Crippen molar-refractivity contribution in [3.05, 3.63) is 86.9 Å². The number of benzene rings is 3. The van der Waals surface area contributed by atoms with Gasteiger partial charge in [0.2, 0.25) is 5.36 Å². The summed E-state index contributed by atoms with van der Waals surface area (Å²) in [6.07, 6.45) is 5.89. The maximum Gasteiger partial charge on any atom is 0.304 e. The first kappa shape index (κ1) is 46.6. The van der Waals surface area contributed by atoms with Crippen LogP contribution in [-0.4, -0.2) is 116 Å². The lowest BCUT2D eigenvalue weighted by Crippen LogP contribution is -2.40. The zero-order valence-corrected chi connectivity index (χ0v) is 37.6. The van der Waals surface area contributed by atoms with Gasteiger partial charge >= 0.3 is 5.97 Å². The van der Waals surface area contributed by atoms with Gasteiger partial charge in [0.15, 0.2) is 0 Å². The second kappa shape index (κ2) is 21.0. The number of amides is 1. The van der Waals surface area contributed by atoms with E-state index in [1.54, 1.807) is 22.7 Å². The Balaban J connectivity index is 1.31. The molecular weight excluding hydrogens is 863 g/mol. The molecule has 14 nitrogen and oxygen atoms in total. The van der Waals surface area contributed by atoms with E-state index in [0.717, 1.165) is 75.5 Å². The molecule has 0 aromatic heterocycles. The molecule has 6 rings (SSSR count). The van der Waals surface area contributed by atoms with Crippen molar-refractivity contribution in [3.63, 3.8) is 0 Å². The van der Waals surface area contributed by atoms with E-state index in [-0.39, 0.29) is 42.5 Å². The summed E-state index contributed by atoms with van der Waals surface area (Å²) in [4.78, 5) is 41.5. The molecule has 0 spiro atoms. The molecule has 0 fully saturated rings. The summed E-state index contributed by atoms with van der Waals surface area (Å²) in [6, 6.07) is 15.7. The van der Waals surface area contributed by atoms with E-state index in [0.29, 0.717) is 81.2 Å². The summed E-state index contributed by atoms with van der Waals surface area (Å²) in [6.45, 7) is 2.65. The van der Waals surface area contributed by atoms with Gasteiger partial charge < -0.3 is 19.6 Å². The Hall–Kier alpha value is -3.94. The number of aliphatic carboxylic acids is 1. The standard InChI is InChI=1S/C43H53N3O11S4/c1-44(17-6-12-32(47)13-7-22-58-59-23-16-41(48)49)43(50)34-15-3-2-14-33(34)42-35-26-30-10-4-18-45(20-8-24-60(51,52)53)37(30)28-39(35)57-40-29-38-31(27-36(40)42)11-5-19-46(38)21-9-25-61(54,55)56/h2-3,14-15,26-29H,4-13,16-25H2,1H3,(H2-,48,49,51,52,53,54,55,56)/p+1. The predicted octanol–water partition coefficient (Wildman–Crippen LogP) is 4.84. The first-order valence-corrected chi connectivity index (χ1v) is 26.4. The summed E-state index contributed by atoms with van der Waals surface area (Å²) in [5.74, 6) is 0.865. The number of carbonyl (C=O) groups is 3. The smallest absolute Gasteiger partial charge is 0.304 e. The third-order valence-electron chi connectivity index (χ3n) is 11.1. The first-order chi connectivity index (χ1) is 29.1. The molecule has 0 unspecified atom stereocenters. The van der Waals surface area contributed by atoms with Crippen molar-refractivity contribution in [2.24, 2.45) is 0 Å². The molecule has 3 heterocycles. The molecule has 3 aromatic rings. The number of nitrogens with zero attached hydrogens (tertiary/aromatic N) is 3. The van der Waals surface area contributed by atoms with Crippen LogP contribution in [0.15, 0.2) is 48.5 Å². The highest BCUT2D eigenvalue weighted by Crippen LogP contribution is 2.43. The molecule has 0 bridgehead atoms. The SMILES string of the molecule is CN(CCCC(=O)CCCSSCCC(=O)O)C(=O)c1ccccc1C1=c2cc3c(cc2Oc2cc4c(cc21)CCCN4CCCS(=O)(=O)O)=[N+](CCCS(=O)(=O)O)CCC3. The van der Waals surface area contributed by atoms with Gasteiger partial charge in [-0.3, -0.25) is 23.5 Å². The van der Waals surface area contributed by atoms with Crippen LogP contribution in [0.3, 0.4) is 0 Å². The molecule has 0 atom stereocenters. The number of carbonyl (C=O) groups excluding carboxylic acids is 2. The van der Waals surface area contributed by atoms with Crippen LogP contribution in [-0.2, 0) is 42.7 Å². The van der Waals surface area contributed by atoms with E-state index >= 15 is 0 Å². The summed E-state index contributed by atoms with van der Waals surface area (Å²) in [5.41, 5.74) is 5.91. The minimum atomic E-state index is -4.11. The highest BCUT2D eigenvalue weighted by molar-refractivity contribution is 8.76. The fourth-order valence-electron chi connectivity index (χ4n) is 8.24. The fraction of sp³-hybridized carbons (Fsp3) is 0.488. The fourth-order valence-corrected chi connectivity index (χ4v) is 11.3. The van der Waals surface area contributed by atoms with Gasteiger partial charge in [-0.25, -0.2) is 4.58 Å². The minimum absolute atomic E-state index is 0.112. The van der Waals surface area contributed by atoms with Crippen molar-refractivity contribution in [1.82, 2.24) is 9.48 Å². The number of ketones is 1. The number of hydrogen-bond acceptors (Lipinski definition) is 11. The van der Waals surface area contributed by atoms with Crippen molar-refractivity contribution in [3.8, 4) is 11.5 Å². The van der Waals surface area contributed by atoms with Crippen LogP contribution < -0.4 is 24.8 Å². The van der Waals surface area contributed by atoms with E-state index in [2.05, 4.69) is 21.6 Å². The van der Waals surface area contributed by atoms with E-state index in [9.17, 15) is 40.3 Å². The molecule has 0 aliphatic carbocycles. The molecule has 0 saturated carbocycles. The van der Waals surface area contributed by atoms with Crippen molar-refractivity contribution < 1.29 is 50.2 Å². The van der Waals surface area contributed by atoms with Crippen LogP contribution >= 0.6 is 21.6 Å². The van der Waals surface area contributed by atoms with Gasteiger partial charge in [0, 0.05) is 103 Å². The minimum Gasteiger partial charge on any atom is -0.481 e. The molecule has 330 valence electrons. The van der Waals surface area contributed by atoms with Gasteiger partial charge in [-0.2, -0.15) is 16.8 Å². The van der Waals surface area contributed by atoms with Gasteiger partial charge in [0.05, 0.1) is 24.0 Å². The maximum atomic E-state index is 14.4. The van der Waals surface area contributed by atoms with Crippen LogP contribution in [0.5, 0.6) is 11.5 Å². The maximum absolute atomic E-state index is 14.4. The summed E-state index contributed by atoms with van der Waals surface area (Å²) in [7, 11) is -3.41. The van der Waals surface area contributed by atoms with Gasteiger partial charge in [-0.15, -0.1) is 0 Å². The molecule has 0 radical (unpaired) electrons. The number of ether oxygens (including phenoxy) is 1. The molecule has 3 aromatic carbocycles. The second-order valence-corrected chi connectivity index (χ2v) is 21.5. The number of rotatable bonds is 22. The zero-order valence-electron chi connectivity index (χ0n) is 34.3. The van der Waals surface area contributed by atoms with Crippen LogP contribution in [0, 0.1) is 0 Å². The van der Waals surface area contributed by atoms with Gasteiger partial charge in [-0.1, -0.05) is 39.8 Å². The van der Waals surface area contributed by atoms with Crippen LogP contribution in [0.1, 0.15) is 90.4 Å². The zero-order chi connectivity index (χ0) is 43.7. The average molecular weight is 917 g/mol. The number of hydrogen-bond donors (Lipinski definition) is 3. The Labute approximate surface area is 365 Å². The third kappa shape index (κ3) is 12.8. The van der Waals surface area contributed by atoms with E-state index < -0.39 is 26.2 Å². The second-order valence-electron chi connectivity index (χ2n) is 15.7. The summed E-state index contributed by atoms with van der Waals surface area (Å²) < 4.78 is 73.7. The monoisotopic (exact) mass is 916 g/mol. The Morgan fingerprint density at radius 2 is 1.54 bits per heavy atom. The summed E-state index contributed by atoms with van der Waals surface area (Å²) in [5, 5.41) is 10.5. The van der Waals surface area contributed by atoms with Crippen molar-refractivity contribution in [2.75, 3.05) is 67.7 Å². The topological polar surface area (TPSA) is 199 Å². The Morgan fingerprint density at radius 1 is 0.820 bits per heavy atom. The highest BCUT2D eigenvalue weighted by atomic mass is 33.1. The average Bonchev–Trinajstić information content (AvgIpc) is 3.20. The largest absolute Gasteiger partial charge is 0.481 e. The number of fused-ring (bicyclic) bond motifs is 4. The molecular formula is C43H54N3O11S4+. The lowest BCUT2D eigenvalue weighted by atomic mass is 9.86. The van der Waals surface area contributed by atoms with Gasteiger partial charge in [0.25, 0.3) is 26.1 Å². The molecule has 3 aliphatic heterocycles. The lowest BCUT2D eigenvalue weighted by molar-refractivity contribution is -0.136. The molecule has 3 aliphatic rings. The Bertz CT molecular complexity index is 2490. The Kier molecular flexibility index (Phi) is 16.0. The number of carboxylic acids is 1. The number of Topliss-reactive ketones (excluding diaryl/α,β-unsaturated/α-hetero) is 1. The van der Waals surface area contributed by atoms with E-state index in [1.807, 2.05) is 36.4 Å². The van der Waals surface area contributed by atoms with Gasteiger partial charge in [0.1, 0.15) is 30.4 Å². The number of aryl methyl sites for hydroxylation is 2. The molecule has 0 saturated heterocycles. The van der Waals surface area contributed by atoms with E-state index in [4.69, 9.17) is 9.84 Å². The Morgan fingerprint density at radius 3 is 2.31 bits per heavy atom. The molecule has 1 amide bonds. The molecule has 61 heavy (non-hydrogen) atoms. The lowest BCUT2D eigenvalue weighted by Gasteiger charge is -2.33. The van der Waals surface area contributed by atoms with Crippen molar-refractivity contribution in [1.29, 1.82) is 0 Å². The number of carboxylic acid groups (broad SMARTS) is 1. The van der Waals surface area contributed by atoms with Gasteiger partial charge in [-0.05, 0) is 67.9 Å². The molecule has 18 heteroatoms. The van der Waals surface area contributed by atoms with Crippen molar-refractivity contribution in [2.45, 2.75) is 70.6 Å². The predicted molar refractivity (Wildman–Crippen MR) is 240 cm³/mol. The van der Waals surface area contributed by atoms with Crippen LogP contribution in [0.4, 0.5) is 5.69 Å². The van der Waals surface area contributed by atoms with Crippen LogP contribution in [0.25, 0.3) is 5.57 Å². The first-order valence-electron chi connectivity index (χ1n) is 20.7.